The van der Waals surface area contributed by atoms with Crippen LogP contribution >= 0.6 is 11.6 Å². The molecule has 6 heteroatoms. The number of halogens is 1. The topological polar surface area (TPSA) is 72.6 Å². The van der Waals surface area contributed by atoms with E-state index in [1.807, 2.05) is 6.92 Å². The summed E-state index contributed by atoms with van der Waals surface area (Å²) < 4.78 is 4.87. The van der Waals surface area contributed by atoms with Gasteiger partial charge in [0, 0.05) is 6.54 Å². The molecule has 0 unspecified atom stereocenters. The first-order valence-corrected chi connectivity index (χ1v) is 6.87. The zero-order chi connectivity index (χ0) is 15.1. The largest absolute Gasteiger partial charge is 0.465 e. The second-order valence-electron chi connectivity index (χ2n) is 4.24. The van der Waals surface area contributed by atoms with Crippen molar-refractivity contribution in [1.29, 1.82) is 0 Å². The second kappa shape index (κ2) is 7.75. The minimum absolute atomic E-state index is 0.0916. The Labute approximate surface area is 123 Å². The van der Waals surface area contributed by atoms with E-state index >= 15 is 0 Å². The SMILES string of the molecule is CCCN(CC(=O)OCC)C(=O)c1cccc(N)c1Cl. The summed E-state index contributed by atoms with van der Waals surface area (Å²) in [6.45, 7) is 4.28. The van der Waals surface area contributed by atoms with Crippen LogP contribution in [0, 0.1) is 0 Å². The van der Waals surface area contributed by atoms with Crippen molar-refractivity contribution in [3.05, 3.63) is 28.8 Å². The molecule has 20 heavy (non-hydrogen) atoms. The van der Waals surface area contributed by atoms with E-state index in [4.69, 9.17) is 22.1 Å². The summed E-state index contributed by atoms with van der Waals surface area (Å²) in [6.07, 6.45) is 0.727. The molecule has 1 aromatic carbocycles. The fourth-order valence-electron chi connectivity index (χ4n) is 1.77. The van der Waals surface area contributed by atoms with Gasteiger partial charge in [0.05, 0.1) is 22.9 Å². The van der Waals surface area contributed by atoms with Crippen LogP contribution in [0.3, 0.4) is 0 Å². The minimum atomic E-state index is -0.436. The molecule has 0 aromatic heterocycles. The molecule has 110 valence electrons. The van der Waals surface area contributed by atoms with Crippen molar-refractivity contribution in [3.63, 3.8) is 0 Å². The smallest absolute Gasteiger partial charge is 0.325 e. The van der Waals surface area contributed by atoms with Crippen molar-refractivity contribution in [3.8, 4) is 0 Å². The lowest BCUT2D eigenvalue weighted by atomic mass is 10.1. The van der Waals surface area contributed by atoms with Crippen LogP contribution in [0.2, 0.25) is 5.02 Å². The van der Waals surface area contributed by atoms with Crippen LogP contribution in [0.4, 0.5) is 5.69 Å². The Morgan fingerprint density at radius 3 is 2.65 bits per heavy atom. The minimum Gasteiger partial charge on any atom is -0.465 e. The van der Waals surface area contributed by atoms with E-state index in [1.54, 1.807) is 25.1 Å². The van der Waals surface area contributed by atoms with Crippen LogP contribution in [0.1, 0.15) is 30.6 Å². The summed E-state index contributed by atoms with van der Waals surface area (Å²) >= 11 is 6.04. The number of benzene rings is 1. The number of esters is 1. The first-order chi connectivity index (χ1) is 9.51. The Kier molecular flexibility index (Phi) is 6.31. The number of amides is 1. The van der Waals surface area contributed by atoms with Crippen molar-refractivity contribution < 1.29 is 14.3 Å². The summed E-state index contributed by atoms with van der Waals surface area (Å²) in [5.74, 6) is -0.758. The number of hydrogen-bond acceptors (Lipinski definition) is 4. The van der Waals surface area contributed by atoms with Crippen molar-refractivity contribution in [1.82, 2.24) is 4.90 Å². The lowest BCUT2D eigenvalue weighted by molar-refractivity contribution is -0.143. The summed E-state index contributed by atoms with van der Waals surface area (Å²) in [5.41, 5.74) is 6.32. The van der Waals surface area contributed by atoms with Gasteiger partial charge in [-0.15, -0.1) is 0 Å². The summed E-state index contributed by atoms with van der Waals surface area (Å²) in [7, 11) is 0. The number of rotatable bonds is 6. The van der Waals surface area contributed by atoms with Gasteiger partial charge in [-0.2, -0.15) is 0 Å². The van der Waals surface area contributed by atoms with Crippen molar-refractivity contribution in [2.24, 2.45) is 0 Å². The van der Waals surface area contributed by atoms with Crippen LogP contribution in [-0.2, 0) is 9.53 Å². The third-order valence-electron chi connectivity index (χ3n) is 2.67. The molecule has 5 nitrogen and oxygen atoms in total. The number of carbonyl (C=O) groups excluding carboxylic acids is 2. The number of ether oxygens (including phenoxy) is 1. The van der Waals surface area contributed by atoms with E-state index in [0.717, 1.165) is 6.42 Å². The molecule has 0 spiro atoms. The predicted octanol–water partition coefficient (Wildman–Crippen LogP) is 2.34. The van der Waals surface area contributed by atoms with Gasteiger partial charge in [0.25, 0.3) is 5.91 Å². The van der Waals surface area contributed by atoms with Gasteiger partial charge in [0.2, 0.25) is 0 Å². The molecule has 0 atom stereocenters. The maximum Gasteiger partial charge on any atom is 0.325 e. The van der Waals surface area contributed by atoms with Gasteiger partial charge < -0.3 is 15.4 Å². The molecule has 0 aliphatic rings. The molecule has 0 heterocycles. The van der Waals surface area contributed by atoms with Gasteiger partial charge in [-0.3, -0.25) is 9.59 Å². The number of nitrogens with zero attached hydrogens (tertiary/aromatic N) is 1. The van der Waals surface area contributed by atoms with Gasteiger partial charge in [-0.05, 0) is 25.5 Å². The van der Waals surface area contributed by atoms with Crippen molar-refractivity contribution in [2.45, 2.75) is 20.3 Å². The third kappa shape index (κ3) is 4.13. The maximum absolute atomic E-state index is 12.4. The normalized spacial score (nSPS) is 10.2. The fraction of sp³-hybridized carbons (Fsp3) is 0.429. The Morgan fingerprint density at radius 1 is 1.35 bits per heavy atom. The lowest BCUT2D eigenvalue weighted by Crippen LogP contribution is -2.37. The van der Waals surface area contributed by atoms with E-state index in [9.17, 15) is 9.59 Å². The number of anilines is 1. The van der Waals surface area contributed by atoms with Gasteiger partial charge in [-0.25, -0.2) is 0 Å². The predicted molar refractivity (Wildman–Crippen MR) is 78.7 cm³/mol. The quantitative estimate of drug-likeness (QED) is 0.646. The molecular formula is C14H19ClN2O3. The molecule has 0 radical (unpaired) electrons. The van der Waals surface area contributed by atoms with E-state index in [2.05, 4.69) is 0 Å². The Hall–Kier alpha value is -1.75. The van der Waals surface area contributed by atoms with E-state index in [-0.39, 0.29) is 24.1 Å². The van der Waals surface area contributed by atoms with Crippen molar-refractivity contribution >= 4 is 29.2 Å². The molecule has 0 fully saturated rings. The van der Waals surface area contributed by atoms with Crippen LogP contribution in [0.15, 0.2) is 18.2 Å². The number of hydrogen-bond donors (Lipinski definition) is 1. The summed E-state index contributed by atoms with van der Waals surface area (Å²) in [4.78, 5) is 25.4. The Balaban J connectivity index is 2.93. The summed E-state index contributed by atoms with van der Waals surface area (Å²) in [6, 6.07) is 4.87. The highest BCUT2D eigenvalue weighted by molar-refractivity contribution is 6.36. The molecule has 2 N–H and O–H groups in total. The molecule has 1 amide bonds. The van der Waals surface area contributed by atoms with Crippen LogP contribution in [-0.4, -0.2) is 36.5 Å². The van der Waals surface area contributed by atoms with Gasteiger partial charge in [0.15, 0.2) is 0 Å². The molecule has 1 aromatic rings. The first kappa shape index (κ1) is 16.3. The molecule has 0 bridgehead atoms. The Morgan fingerprint density at radius 2 is 2.05 bits per heavy atom. The average Bonchev–Trinajstić information content (AvgIpc) is 2.41. The van der Waals surface area contributed by atoms with Crippen LogP contribution < -0.4 is 5.73 Å². The molecule has 0 saturated heterocycles. The maximum atomic E-state index is 12.4. The van der Waals surface area contributed by atoms with Gasteiger partial charge >= 0.3 is 5.97 Å². The number of nitrogens with two attached hydrogens (primary N) is 1. The second-order valence-corrected chi connectivity index (χ2v) is 4.62. The zero-order valence-electron chi connectivity index (χ0n) is 11.7. The number of carbonyl (C=O) groups is 2. The highest BCUT2D eigenvalue weighted by atomic mass is 35.5. The highest BCUT2D eigenvalue weighted by Gasteiger charge is 2.21. The molecule has 1 rings (SSSR count). The average molecular weight is 299 g/mol. The number of nitrogen functional groups attached to an aromatic ring is 1. The Bertz CT molecular complexity index is 491. The molecule has 0 saturated carbocycles. The molecule has 0 aliphatic heterocycles. The van der Waals surface area contributed by atoms with Gasteiger partial charge in [-0.1, -0.05) is 24.6 Å². The van der Waals surface area contributed by atoms with Gasteiger partial charge in [0.1, 0.15) is 6.54 Å². The van der Waals surface area contributed by atoms with Crippen LogP contribution in [0.5, 0.6) is 0 Å². The fourth-order valence-corrected chi connectivity index (χ4v) is 1.98. The van der Waals surface area contributed by atoms with E-state index < -0.39 is 5.97 Å². The third-order valence-corrected chi connectivity index (χ3v) is 3.09. The lowest BCUT2D eigenvalue weighted by Gasteiger charge is -2.21. The zero-order valence-corrected chi connectivity index (χ0v) is 12.4. The standard InChI is InChI=1S/C14H19ClN2O3/c1-3-8-17(9-12(18)20-4-2)14(19)10-6-5-7-11(16)13(10)15/h5-7H,3-4,8-9,16H2,1-2H3. The van der Waals surface area contributed by atoms with E-state index in [1.165, 1.54) is 4.90 Å². The van der Waals surface area contributed by atoms with E-state index in [0.29, 0.717) is 17.8 Å². The molecule has 0 aliphatic carbocycles. The first-order valence-electron chi connectivity index (χ1n) is 6.50. The van der Waals surface area contributed by atoms with Crippen LogP contribution in [0.25, 0.3) is 0 Å². The summed E-state index contributed by atoms with van der Waals surface area (Å²) in [5, 5.41) is 0.211. The molecular weight excluding hydrogens is 280 g/mol. The van der Waals surface area contributed by atoms with Crippen molar-refractivity contribution in [2.75, 3.05) is 25.4 Å². The highest BCUT2D eigenvalue weighted by Crippen LogP contribution is 2.24. The monoisotopic (exact) mass is 298 g/mol.